The molecule has 0 aromatic heterocycles. The van der Waals surface area contributed by atoms with Crippen molar-refractivity contribution in [2.45, 2.75) is 6.04 Å². The van der Waals surface area contributed by atoms with Crippen LogP contribution in [0.1, 0.15) is 22.0 Å². The van der Waals surface area contributed by atoms with Crippen molar-refractivity contribution in [1.29, 1.82) is 0 Å². The number of carboxylic acid groups (broad SMARTS) is 1. The zero-order chi connectivity index (χ0) is 9.84. The van der Waals surface area contributed by atoms with Gasteiger partial charge < -0.3 is 10.8 Å². The second-order valence-electron chi connectivity index (χ2n) is 2.65. The molecule has 0 amide bonds. The number of rotatable bonds is 3. The van der Waals surface area contributed by atoms with Crippen molar-refractivity contribution < 1.29 is 9.90 Å². The van der Waals surface area contributed by atoms with Gasteiger partial charge in [0.25, 0.3) is 0 Å². The van der Waals surface area contributed by atoms with E-state index in [1.165, 1.54) is 12.1 Å². The second-order valence-corrected chi connectivity index (χ2v) is 2.65. The lowest BCUT2D eigenvalue weighted by molar-refractivity contribution is 0.0695. The molecule has 13 heavy (non-hydrogen) atoms. The summed E-state index contributed by atoms with van der Waals surface area (Å²) in [4.78, 5) is 10.8. The predicted molar refractivity (Wildman–Crippen MR) is 50.5 cm³/mol. The van der Waals surface area contributed by atoms with E-state index in [1.807, 2.05) is 0 Å². The molecule has 0 radical (unpaired) electrons. The lowest BCUT2D eigenvalue weighted by Crippen LogP contribution is -2.12. The number of benzene rings is 1. The first-order chi connectivity index (χ1) is 6.16. The molecule has 0 saturated heterocycles. The van der Waals surface area contributed by atoms with Gasteiger partial charge in [-0.25, -0.2) is 4.79 Å². The van der Waals surface area contributed by atoms with E-state index in [0.717, 1.165) is 0 Å². The first kappa shape index (κ1) is 9.48. The molecule has 0 heterocycles. The largest absolute Gasteiger partial charge is 0.478 e. The van der Waals surface area contributed by atoms with Gasteiger partial charge in [-0.05, 0) is 11.6 Å². The maximum Gasteiger partial charge on any atom is 0.336 e. The van der Waals surface area contributed by atoms with Gasteiger partial charge in [0.1, 0.15) is 0 Å². The van der Waals surface area contributed by atoms with Crippen LogP contribution in [0.15, 0.2) is 36.9 Å². The Balaban J connectivity index is 3.19. The van der Waals surface area contributed by atoms with E-state index in [9.17, 15) is 4.79 Å². The van der Waals surface area contributed by atoms with Gasteiger partial charge in [0, 0.05) is 6.04 Å². The van der Waals surface area contributed by atoms with Crippen LogP contribution in [0.25, 0.3) is 0 Å². The van der Waals surface area contributed by atoms with Crippen LogP contribution in [0.3, 0.4) is 0 Å². The van der Waals surface area contributed by atoms with Gasteiger partial charge in [0.2, 0.25) is 0 Å². The maximum absolute atomic E-state index is 10.8. The van der Waals surface area contributed by atoms with Gasteiger partial charge in [0.15, 0.2) is 0 Å². The third-order valence-corrected chi connectivity index (χ3v) is 1.80. The summed E-state index contributed by atoms with van der Waals surface area (Å²) in [5.41, 5.74) is 6.47. The minimum atomic E-state index is -0.965. The molecule has 1 rings (SSSR count). The van der Waals surface area contributed by atoms with Gasteiger partial charge >= 0.3 is 5.97 Å². The fraction of sp³-hybridized carbons (Fsp3) is 0.100. The Hall–Kier alpha value is -1.61. The van der Waals surface area contributed by atoms with Gasteiger partial charge in [-0.1, -0.05) is 24.3 Å². The van der Waals surface area contributed by atoms with Gasteiger partial charge in [0.05, 0.1) is 5.56 Å². The molecule has 0 unspecified atom stereocenters. The Labute approximate surface area is 76.5 Å². The van der Waals surface area contributed by atoms with E-state index in [4.69, 9.17) is 10.8 Å². The summed E-state index contributed by atoms with van der Waals surface area (Å²) in [5, 5.41) is 8.82. The van der Waals surface area contributed by atoms with E-state index in [1.54, 1.807) is 18.2 Å². The molecule has 3 nitrogen and oxygen atoms in total. The highest BCUT2D eigenvalue weighted by Gasteiger charge is 2.12. The number of nitrogens with two attached hydrogens (primary N) is 1. The normalized spacial score (nSPS) is 12.1. The summed E-state index contributed by atoms with van der Waals surface area (Å²) in [6.07, 6.45) is 1.52. The van der Waals surface area contributed by atoms with Crippen LogP contribution in [0.2, 0.25) is 0 Å². The highest BCUT2D eigenvalue weighted by Crippen LogP contribution is 2.16. The average molecular weight is 177 g/mol. The number of carboxylic acids is 1. The number of aromatic carboxylic acids is 1. The number of hydrogen-bond donors (Lipinski definition) is 2. The molecule has 3 heteroatoms. The molecule has 1 aromatic carbocycles. The van der Waals surface area contributed by atoms with Crippen molar-refractivity contribution in [3.63, 3.8) is 0 Å². The molecular formula is C10H11NO2. The maximum atomic E-state index is 10.8. The fourth-order valence-electron chi connectivity index (χ4n) is 1.11. The summed E-state index contributed by atoms with van der Waals surface area (Å²) in [5.74, 6) is -0.965. The number of carbonyl (C=O) groups is 1. The Morgan fingerprint density at radius 2 is 2.15 bits per heavy atom. The van der Waals surface area contributed by atoms with Crippen molar-refractivity contribution in [3.05, 3.63) is 48.0 Å². The first-order valence-corrected chi connectivity index (χ1v) is 3.87. The third kappa shape index (κ3) is 1.95. The molecule has 0 spiro atoms. The van der Waals surface area contributed by atoms with Crippen molar-refractivity contribution in [3.8, 4) is 0 Å². The highest BCUT2D eigenvalue weighted by molar-refractivity contribution is 5.89. The zero-order valence-electron chi connectivity index (χ0n) is 7.10. The fourth-order valence-corrected chi connectivity index (χ4v) is 1.11. The third-order valence-electron chi connectivity index (χ3n) is 1.80. The van der Waals surface area contributed by atoms with Crippen molar-refractivity contribution >= 4 is 5.97 Å². The SMILES string of the molecule is C=C[C@@H](N)c1ccccc1C(=O)O. The minimum absolute atomic E-state index is 0.231. The lowest BCUT2D eigenvalue weighted by Gasteiger charge is -2.09. The van der Waals surface area contributed by atoms with Crippen LogP contribution in [0.5, 0.6) is 0 Å². The van der Waals surface area contributed by atoms with Crippen LogP contribution in [-0.2, 0) is 0 Å². The molecular weight excluding hydrogens is 166 g/mol. The monoisotopic (exact) mass is 177 g/mol. The van der Waals surface area contributed by atoms with Gasteiger partial charge in [-0.2, -0.15) is 0 Å². The highest BCUT2D eigenvalue weighted by atomic mass is 16.4. The molecule has 68 valence electrons. The smallest absolute Gasteiger partial charge is 0.336 e. The lowest BCUT2D eigenvalue weighted by atomic mass is 10.0. The molecule has 0 aliphatic heterocycles. The van der Waals surface area contributed by atoms with E-state index in [2.05, 4.69) is 6.58 Å². The molecule has 1 atom stereocenters. The zero-order valence-corrected chi connectivity index (χ0v) is 7.10. The Kier molecular flexibility index (Phi) is 2.82. The Bertz CT molecular complexity index is 333. The molecule has 0 aliphatic rings. The van der Waals surface area contributed by atoms with E-state index in [0.29, 0.717) is 5.56 Å². The van der Waals surface area contributed by atoms with Crippen molar-refractivity contribution in [2.24, 2.45) is 5.73 Å². The molecule has 1 aromatic rings. The molecule has 3 N–H and O–H groups in total. The first-order valence-electron chi connectivity index (χ1n) is 3.87. The summed E-state index contributed by atoms with van der Waals surface area (Å²) in [7, 11) is 0. The standard InChI is InChI=1S/C10H11NO2/c1-2-9(11)7-5-3-4-6-8(7)10(12)13/h2-6,9H,1,11H2,(H,12,13)/t9-/m1/s1. The molecule has 0 fully saturated rings. The van der Waals surface area contributed by atoms with E-state index < -0.39 is 12.0 Å². The summed E-state index contributed by atoms with van der Waals surface area (Å²) in [6, 6.07) is 6.22. The Morgan fingerprint density at radius 3 is 2.69 bits per heavy atom. The molecule has 0 saturated carbocycles. The number of hydrogen-bond acceptors (Lipinski definition) is 2. The second kappa shape index (κ2) is 3.87. The van der Waals surface area contributed by atoms with Gasteiger partial charge in [-0.3, -0.25) is 0 Å². The van der Waals surface area contributed by atoms with Crippen molar-refractivity contribution in [2.75, 3.05) is 0 Å². The Morgan fingerprint density at radius 1 is 1.54 bits per heavy atom. The van der Waals surface area contributed by atoms with Crippen LogP contribution in [-0.4, -0.2) is 11.1 Å². The van der Waals surface area contributed by atoms with Crippen LogP contribution in [0.4, 0.5) is 0 Å². The summed E-state index contributed by atoms with van der Waals surface area (Å²) in [6.45, 7) is 3.52. The minimum Gasteiger partial charge on any atom is -0.478 e. The van der Waals surface area contributed by atoms with Gasteiger partial charge in [-0.15, -0.1) is 6.58 Å². The van der Waals surface area contributed by atoms with Crippen LogP contribution in [0, 0.1) is 0 Å². The molecule has 0 bridgehead atoms. The quantitative estimate of drug-likeness (QED) is 0.689. The topological polar surface area (TPSA) is 63.3 Å². The van der Waals surface area contributed by atoms with E-state index >= 15 is 0 Å². The predicted octanol–water partition coefficient (Wildman–Crippen LogP) is 1.57. The average Bonchev–Trinajstić information content (AvgIpc) is 2.16. The summed E-state index contributed by atoms with van der Waals surface area (Å²) >= 11 is 0. The van der Waals surface area contributed by atoms with Crippen LogP contribution >= 0.6 is 0 Å². The molecule has 0 aliphatic carbocycles. The van der Waals surface area contributed by atoms with Crippen molar-refractivity contribution in [1.82, 2.24) is 0 Å². The van der Waals surface area contributed by atoms with Crippen LogP contribution < -0.4 is 5.73 Å². The summed E-state index contributed by atoms with van der Waals surface area (Å²) < 4.78 is 0. The van der Waals surface area contributed by atoms with E-state index in [-0.39, 0.29) is 5.56 Å².